The summed E-state index contributed by atoms with van der Waals surface area (Å²) in [6, 6.07) is 1.86. The molecule has 1 aromatic heterocycles. The van der Waals surface area contributed by atoms with E-state index in [0.717, 1.165) is 16.1 Å². The van der Waals surface area contributed by atoms with E-state index < -0.39 is 0 Å². The Labute approximate surface area is 76.9 Å². The molecule has 0 aliphatic heterocycles. The molecule has 2 heteroatoms. The van der Waals surface area contributed by atoms with Crippen LogP contribution in [0.2, 0.25) is 0 Å². The molecular formula is C11H13NO. The van der Waals surface area contributed by atoms with Gasteiger partial charge in [0.1, 0.15) is 0 Å². The lowest BCUT2D eigenvalue weighted by Crippen LogP contribution is -2.34. The molecule has 0 aliphatic carbocycles. The molecule has 0 saturated carbocycles. The molecule has 0 atom stereocenters. The van der Waals surface area contributed by atoms with Crippen molar-refractivity contribution in [2.75, 3.05) is 0 Å². The minimum atomic E-state index is -0.0330. The predicted octanol–water partition coefficient (Wildman–Crippen LogP) is 0.450. The van der Waals surface area contributed by atoms with Crippen LogP contribution in [-0.4, -0.2) is 4.98 Å². The van der Waals surface area contributed by atoms with E-state index in [0.29, 0.717) is 0 Å². The van der Waals surface area contributed by atoms with Crippen LogP contribution in [0.5, 0.6) is 0 Å². The molecule has 0 bridgehead atoms. The molecule has 0 fully saturated rings. The highest BCUT2D eigenvalue weighted by atomic mass is 16.1. The fourth-order valence-corrected chi connectivity index (χ4v) is 1.17. The minimum absolute atomic E-state index is 0.0330. The first kappa shape index (κ1) is 9.52. The van der Waals surface area contributed by atoms with Crippen LogP contribution in [0.4, 0.5) is 0 Å². The van der Waals surface area contributed by atoms with E-state index >= 15 is 0 Å². The lowest BCUT2D eigenvalue weighted by molar-refractivity contribution is 1.11. The molecule has 0 aromatic carbocycles. The molecule has 13 heavy (non-hydrogen) atoms. The van der Waals surface area contributed by atoms with Crippen molar-refractivity contribution in [2.24, 2.45) is 0 Å². The normalized spacial score (nSPS) is 13.4. The second kappa shape index (κ2) is 3.90. The predicted molar refractivity (Wildman–Crippen MR) is 55.9 cm³/mol. The number of allylic oxidation sites excluding steroid dienone is 1. The van der Waals surface area contributed by atoms with Crippen LogP contribution in [0.1, 0.15) is 12.5 Å². The van der Waals surface area contributed by atoms with Crippen molar-refractivity contribution in [1.29, 1.82) is 0 Å². The number of nitrogens with one attached hydrogen (secondary N) is 1. The molecule has 68 valence electrons. The number of aromatic amines is 1. The highest BCUT2D eigenvalue weighted by Crippen LogP contribution is 1.75. The number of rotatable bonds is 1. The van der Waals surface area contributed by atoms with Gasteiger partial charge in [-0.15, -0.1) is 0 Å². The molecule has 0 unspecified atom stereocenters. The van der Waals surface area contributed by atoms with Gasteiger partial charge >= 0.3 is 0 Å². The number of hydrogen-bond donors (Lipinski definition) is 1. The Balaban J connectivity index is 3.72. The van der Waals surface area contributed by atoms with Crippen LogP contribution in [-0.2, 0) is 0 Å². The molecule has 0 saturated heterocycles. The Kier molecular flexibility index (Phi) is 2.85. The molecule has 0 aliphatic rings. The number of pyridine rings is 1. The van der Waals surface area contributed by atoms with Gasteiger partial charge < -0.3 is 4.98 Å². The van der Waals surface area contributed by atoms with Gasteiger partial charge in [0.25, 0.3) is 5.56 Å². The summed E-state index contributed by atoms with van der Waals surface area (Å²) in [7, 11) is 0. The summed E-state index contributed by atoms with van der Waals surface area (Å²) in [5.41, 5.74) is 0.688. The van der Waals surface area contributed by atoms with Gasteiger partial charge in [-0.1, -0.05) is 24.8 Å². The van der Waals surface area contributed by atoms with Crippen molar-refractivity contribution in [2.45, 2.75) is 13.8 Å². The van der Waals surface area contributed by atoms with E-state index in [-0.39, 0.29) is 5.56 Å². The molecule has 1 N–H and O–H groups in total. The summed E-state index contributed by atoms with van der Waals surface area (Å²) in [6.07, 6.45) is 5.45. The maximum Gasteiger partial charge on any atom is 0.251 e. The first-order valence-corrected chi connectivity index (χ1v) is 4.18. The lowest BCUT2D eigenvalue weighted by Gasteiger charge is -1.92. The first-order valence-electron chi connectivity index (χ1n) is 4.18. The summed E-state index contributed by atoms with van der Waals surface area (Å²) >= 11 is 0. The second-order valence-electron chi connectivity index (χ2n) is 2.84. The third kappa shape index (κ3) is 1.96. The summed E-state index contributed by atoms with van der Waals surface area (Å²) < 4.78 is 0. The standard InChI is InChI=1S/C11H13NO/c1-4-6-9-7-8(3)11(13)12-10(9)5-2/h4-7H,1H2,2-3H3,(H,12,13)/b9-6-,10-5+. The first-order chi connectivity index (χ1) is 6.19. The molecule has 0 radical (unpaired) electrons. The molecule has 1 rings (SSSR count). The van der Waals surface area contributed by atoms with E-state index in [2.05, 4.69) is 11.6 Å². The Bertz CT molecular complexity index is 480. The van der Waals surface area contributed by atoms with Gasteiger partial charge in [0.15, 0.2) is 0 Å². The number of H-pyrrole nitrogens is 1. The van der Waals surface area contributed by atoms with Gasteiger partial charge in [0.05, 0.1) is 0 Å². The molecule has 1 aromatic rings. The van der Waals surface area contributed by atoms with Gasteiger partial charge in [-0.05, 0) is 25.1 Å². The van der Waals surface area contributed by atoms with Crippen molar-refractivity contribution >= 4 is 12.2 Å². The van der Waals surface area contributed by atoms with Crippen LogP contribution in [0.25, 0.3) is 12.2 Å². The van der Waals surface area contributed by atoms with E-state index in [4.69, 9.17) is 0 Å². The summed E-state index contributed by atoms with van der Waals surface area (Å²) in [5.74, 6) is 0. The Morgan fingerprint density at radius 3 is 2.77 bits per heavy atom. The summed E-state index contributed by atoms with van der Waals surface area (Å²) in [5, 5.41) is 1.84. The van der Waals surface area contributed by atoms with Crippen LogP contribution in [0.15, 0.2) is 23.5 Å². The van der Waals surface area contributed by atoms with Crippen molar-refractivity contribution < 1.29 is 0 Å². The van der Waals surface area contributed by atoms with E-state index in [1.807, 2.05) is 25.1 Å². The molecular weight excluding hydrogens is 162 g/mol. The topological polar surface area (TPSA) is 32.9 Å². The van der Waals surface area contributed by atoms with Gasteiger partial charge in [0.2, 0.25) is 0 Å². The molecule has 0 spiro atoms. The maximum atomic E-state index is 11.2. The van der Waals surface area contributed by atoms with E-state index in [1.54, 1.807) is 13.0 Å². The third-order valence-corrected chi connectivity index (χ3v) is 1.88. The number of aromatic nitrogens is 1. The Morgan fingerprint density at radius 2 is 2.23 bits per heavy atom. The van der Waals surface area contributed by atoms with Gasteiger partial charge in [-0.3, -0.25) is 4.79 Å². The largest absolute Gasteiger partial charge is 0.322 e. The zero-order valence-corrected chi connectivity index (χ0v) is 7.92. The average Bonchev–Trinajstić information content (AvgIpc) is 2.11. The average molecular weight is 175 g/mol. The maximum absolute atomic E-state index is 11.2. The van der Waals surface area contributed by atoms with Gasteiger partial charge in [0, 0.05) is 10.9 Å². The number of aryl methyl sites for hydroxylation is 1. The fraction of sp³-hybridized carbons (Fsp3) is 0.182. The minimum Gasteiger partial charge on any atom is -0.322 e. The molecule has 1 heterocycles. The van der Waals surface area contributed by atoms with Crippen molar-refractivity contribution in [3.63, 3.8) is 0 Å². The summed E-state index contributed by atoms with van der Waals surface area (Å²) in [6.45, 7) is 7.30. The quantitative estimate of drug-likeness (QED) is 0.660. The van der Waals surface area contributed by atoms with Gasteiger partial charge in [-0.25, -0.2) is 0 Å². The van der Waals surface area contributed by atoms with Crippen LogP contribution < -0.4 is 16.1 Å². The highest BCUT2D eigenvalue weighted by Gasteiger charge is 1.91. The van der Waals surface area contributed by atoms with E-state index in [1.165, 1.54) is 0 Å². The number of hydrogen-bond acceptors (Lipinski definition) is 1. The van der Waals surface area contributed by atoms with Crippen LogP contribution >= 0.6 is 0 Å². The summed E-state index contributed by atoms with van der Waals surface area (Å²) in [4.78, 5) is 14.0. The smallest absolute Gasteiger partial charge is 0.251 e. The van der Waals surface area contributed by atoms with Crippen LogP contribution in [0, 0.1) is 6.92 Å². The van der Waals surface area contributed by atoms with Gasteiger partial charge in [-0.2, -0.15) is 0 Å². The van der Waals surface area contributed by atoms with Crippen molar-refractivity contribution in [1.82, 2.24) is 4.98 Å². The Morgan fingerprint density at radius 1 is 1.54 bits per heavy atom. The third-order valence-electron chi connectivity index (χ3n) is 1.88. The zero-order valence-electron chi connectivity index (χ0n) is 7.92. The van der Waals surface area contributed by atoms with Crippen LogP contribution in [0.3, 0.4) is 0 Å². The SMILES string of the molecule is C=C/C=c1/cc(C)c(=O)[nH]/c1=C/C. The monoisotopic (exact) mass is 175 g/mol. The zero-order chi connectivity index (χ0) is 9.84. The van der Waals surface area contributed by atoms with E-state index in [9.17, 15) is 4.79 Å². The van der Waals surface area contributed by atoms with Crippen molar-refractivity contribution in [3.05, 3.63) is 45.2 Å². The lowest BCUT2D eigenvalue weighted by atomic mass is 10.2. The van der Waals surface area contributed by atoms with Crippen molar-refractivity contribution in [3.8, 4) is 0 Å². The highest BCUT2D eigenvalue weighted by molar-refractivity contribution is 5.37. The molecule has 0 amide bonds. The Hall–Kier alpha value is -1.57. The fourth-order valence-electron chi connectivity index (χ4n) is 1.17. The molecule has 2 nitrogen and oxygen atoms in total. The second-order valence-corrected chi connectivity index (χ2v) is 2.84.